The van der Waals surface area contributed by atoms with E-state index in [-0.39, 0.29) is 0 Å². The molecule has 0 bridgehead atoms. The topological polar surface area (TPSA) is 70.3 Å². The van der Waals surface area contributed by atoms with Crippen LogP contribution in [0.1, 0.15) is 12.5 Å². The Morgan fingerprint density at radius 3 is 2.67 bits per heavy atom. The normalized spacial score (nSPS) is 9.58. The molecule has 0 saturated carbocycles. The highest BCUT2D eigenvalue weighted by molar-refractivity contribution is 5.32. The quantitative estimate of drug-likeness (QED) is 0.664. The maximum absolute atomic E-state index is 5.19. The smallest absolute Gasteiger partial charge is 0.247 e. The van der Waals surface area contributed by atoms with Crippen molar-refractivity contribution >= 4 is 0 Å². The number of nitrogens with two attached hydrogens (primary N) is 1. The zero-order valence-electron chi connectivity index (χ0n) is 7.07. The second-order valence-corrected chi connectivity index (χ2v) is 2.16. The Hall–Kier alpha value is -1.36. The minimum atomic E-state index is 0.341. The SMILES string of the molecule is CCOc1ncnc(ON)c1C. The van der Waals surface area contributed by atoms with Crippen LogP contribution >= 0.6 is 0 Å². The standard InChI is InChI=1S/C7H11N3O2/c1-3-11-6-5(2)7(12-8)10-4-9-6/h4H,3,8H2,1-2H3. The van der Waals surface area contributed by atoms with E-state index in [1.165, 1.54) is 6.33 Å². The third kappa shape index (κ3) is 1.62. The van der Waals surface area contributed by atoms with E-state index in [1.807, 2.05) is 6.92 Å². The van der Waals surface area contributed by atoms with Gasteiger partial charge >= 0.3 is 0 Å². The number of ether oxygens (including phenoxy) is 1. The van der Waals surface area contributed by atoms with Crippen molar-refractivity contribution in [1.82, 2.24) is 9.97 Å². The second kappa shape index (κ2) is 3.87. The molecule has 0 amide bonds. The van der Waals surface area contributed by atoms with Crippen LogP contribution < -0.4 is 15.5 Å². The average molecular weight is 169 g/mol. The van der Waals surface area contributed by atoms with Gasteiger partial charge < -0.3 is 9.57 Å². The van der Waals surface area contributed by atoms with Crippen molar-refractivity contribution in [3.05, 3.63) is 11.9 Å². The van der Waals surface area contributed by atoms with Crippen molar-refractivity contribution in [2.24, 2.45) is 5.90 Å². The molecule has 1 rings (SSSR count). The highest BCUT2D eigenvalue weighted by Crippen LogP contribution is 2.20. The minimum Gasteiger partial charge on any atom is -0.478 e. The van der Waals surface area contributed by atoms with Crippen LogP contribution in [-0.4, -0.2) is 16.6 Å². The van der Waals surface area contributed by atoms with Crippen LogP contribution in [-0.2, 0) is 0 Å². The molecular formula is C7H11N3O2. The van der Waals surface area contributed by atoms with Crippen molar-refractivity contribution in [1.29, 1.82) is 0 Å². The number of nitrogens with zero attached hydrogens (tertiary/aromatic N) is 2. The lowest BCUT2D eigenvalue weighted by atomic mass is 10.3. The number of aromatic nitrogens is 2. The Kier molecular flexibility index (Phi) is 2.82. The molecule has 0 aromatic carbocycles. The van der Waals surface area contributed by atoms with Crippen molar-refractivity contribution in [3.8, 4) is 11.8 Å². The van der Waals surface area contributed by atoms with Gasteiger partial charge in [0, 0.05) is 0 Å². The molecule has 2 N–H and O–H groups in total. The Labute approximate surface area is 70.5 Å². The lowest BCUT2D eigenvalue weighted by molar-refractivity contribution is 0.297. The maximum Gasteiger partial charge on any atom is 0.247 e. The summed E-state index contributed by atoms with van der Waals surface area (Å²) in [5.41, 5.74) is 0.710. The van der Waals surface area contributed by atoms with E-state index < -0.39 is 0 Å². The molecule has 0 fully saturated rings. The molecule has 0 atom stereocenters. The molecular weight excluding hydrogens is 158 g/mol. The molecule has 0 aliphatic heterocycles. The molecule has 0 radical (unpaired) electrons. The van der Waals surface area contributed by atoms with Gasteiger partial charge in [-0.15, -0.1) is 0 Å². The molecule has 0 saturated heterocycles. The first kappa shape index (κ1) is 8.73. The zero-order valence-corrected chi connectivity index (χ0v) is 7.07. The number of rotatable bonds is 3. The molecule has 0 aliphatic carbocycles. The van der Waals surface area contributed by atoms with Crippen molar-refractivity contribution < 1.29 is 9.57 Å². The zero-order chi connectivity index (χ0) is 8.97. The summed E-state index contributed by atoms with van der Waals surface area (Å²) in [6.45, 7) is 4.22. The number of hydrogen-bond acceptors (Lipinski definition) is 5. The molecule has 5 heteroatoms. The van der Waals surface area contributed by atoms with E-state index in [4.69, 9.17) is 10.6 Å². The van der Waals surface area contributed by atoms with Crippen molar-refractivity contribution in [2.75, 3.05) is 6.61 Å². The van der Waals surface area contributed by atoms with Crippen LogP contribution in [0, 0.1) is 6.92 Å². The summed E-state index contributed by atoms with van der Waals surface area (Å²) in [6, 6.07) is 0. The molecule has 5 nitrogen and oxygen atoms in total. The Morgan fingerprint density at radius 1 is 1.42 bits per heavy atom. The minimum absolute atomic E-state index is 0.341. The summed E-state index contributed by atoms with van der Waals surface area (Å²) < 4.78 is 5.19. The third-order valence-corrected chi connectivity index (χ3v) is 1.38. The van der Waals surface area contributed by atoms with E-state index in [0.717, 1.165) is 0 Å². The molecule has 66 valence electrons. The maximum atomic E-state index is 5.19. The Balaban J connectivity index is 2.97. The molecule has 0 spiro atoms. The van der Waals surface area contributed by atoms with E-state index >= 15 is 0 Å². The van der Waals surface area contributed by atoms with E-state index in [2.05, 4.69) is 14.8 Å². The molecule has 1 aromatic heterocycles. The van der Waals surface area contributed by atoms with Gasteiger partial charge in [-0.05, 0) is 13.8 Å². The monoisotopic (exact) mass is 169 g/mol. The van der Waals surface area contributed by atoms with Gasteiger partial charge in [-0.3, -0.25) is 0 Å². The van der Waals surface area contributed by atoms with Gasteiger partial charge in [-0.1, -0.05) is 0 Å². The Bertz CT molecular complexity index is 265. The fourth-order valence-corrected chi connectivity index (χ4v) is 0.820. The first-order valence-electron chi connectivity index (χ1n) is 3.60. The van der Waals surface area contributed by atoms with Gasteiger partial charge in [-0.25, -0.2) is 4.98 Å². The summed E-state index contributed by atoms with van der Waals surface area (Å²) in [5.74, 6) is 5.82. The highest BCUT2D eigenvalue weighted by Gasteiger charge is 2.07. The van der Waals surface area contributed by atoms with Crippen molar-refractivity contribution in [3.63, 3.8) is 0 Å². The fraction of sp³-hybridized carbons (Fsp3) is 0.429. The summed E-state index contributed by atoms with van der Waals surface area (Å²) in [6.07, 6.45) is 1.35. The second-order valence-electron chi connectivity index (χ2n) is 2.16. The van der Waals surface area contributed by atoms with Gasteiger partial charge in [0.15, 0.2) is 0 Å². The van der Waals surface area contributed by atoms with Crippen LogP contribution in [0.25, 0.3) is 0 Å². The van der Waals surface area contributed by atoms with E-state index in [9.17, 15) is 0 Å². The average Bonchev–Trinajstić information content (AvgIpc) is 2.09. The van der Waals surface area contributed by atoms with Crippen LogP contribution in [0.4, 0.5) is 0 Å². The first-order valence-corrected chi connectivity index (χ1v) is 3.60. The fourth-order valence-electron chi connectivity index (χ4n) is 0.820. The van der Waals surface area contributed by atoms with Gasteiger partial charge in [-0.2, -0.15) is 10.9 Å². The summed E-state index contributed by atoms with van der Waals surface area (Å²) in [7, 11) is 0. The molecule has 1 heterocycles. The predicted octanol–water partition coefficient (Wildman–Crippen LogP) is 0.436. The predicted molar refractivity (Wildman–Crippen MR) is 42.8 cm³/mol. The van der Waals surface area contributed by atoms with Gasteiger partial charge in [0.2, 0.25) is 11.8 Å². The number of hydrogen-bond donors (Lipinski definition) is 1. The van der Waals surface area contributed by atoms with Gasteiger partial charge in [0.1, 0.15) is 6.33 Å². The Morgan fingerprint density at radius 2 is 2.08 bits per heavy atom. The third-order valence-electron chi connectivity index (χ3n) is 1.38. The van der Waals surface area contributed by atoms with E-state index in [1.54, 1.807) is 6.92 Å². The van der Waals surface area contributed by atoms with Crippen LogP contribution in [0.3, 0.4) is 0 Å². The molecule has 0 aliphatic rings. The van der Waals surface area contributed by atoms with Crippen LogP contribution in [0.2, 0.25) is 0 Å². The lowest BCUT2D eigenvalue weighted by Crippen LogP contribution is -2.07. The molecule has 0 unspecified atom stereocenters. The van der Waals surface area contributed by atoms with E-state index in [0.29, 0.717) is 23.9 Å². The summed E-state index contributed by atoms with van der Waals surface area (Å²) >= 11 is 0. The first-order chi connectivity index (χ1) is 5.79. The van der Waals surface area contributed by atoms with Gasteiger partial charge in [0.05, 0.1) is 12.2 Å². The summed E-state index contributed by atoms with van der Waals surface area (Å²) in [5, 5.41) is 0. The highest BCUT2D eigenvalue weighted by atomic mass is 16.6. The largest absolute Gasteiger partial charge is 0.478 e. The van der Waals surface area contributed by atoms with Gasteiger partial charge in [0.25, 0.3) is 0 Å². The van der Waals surface area contributed by atoms with Crippen molar-refractivity contribution in [2.45, 2.75) is 13.8 Å². The summed E-state index contributed by atoms with van der Waals surface area (Å²) in [4.78, 5) is 12.2. The lowest BCUT2D eigenvalue weighted by Gasteiger charge is -2.06. The van der Waals surface area contributed by atoms with Crippen LogP contribution in [0.15, 0.2) is 6.33 Å². The molecule has 12 heavy (non-hydrogen) atoms. The molecule has 1 aromatic rings. The van der Waals surface area contributed by atoms with Crippen LogP contribution in [0.5, 0.6) is 11.8 Å².